The molecule has 0 amide bonds. The highest BCUT2D eigenvalue weighted by Gasteiger charge is 2.25. The van der Waals surface area contributed by atoms with Crippen molar-refractivity contribution in [2.45, 2.75) is 50.3 Å². The topological polar surface area (TPSA) is 86.6 Å². The van der Waals surface area contributed by atoms with Crippen LogP contribution in [-0.2, 0) is 0 Å². The molecule has 1 aliphatic heterocycles. The molecule has 1 saturated heterocycles. The van der Waals surface area contributed by atoms with Gasteiger partial charge in [0.2, 0.25) is 0 Å². The Morgan fingerprint density at radius 2 is 1.89 bits per heavy atom. The van der Waals surface area contributed by atoms with E-state index in [2.05, 4.69) is 46.3 Å². The maximum Gasteiger partial charge on any atom is 0.184 e. The smallest absolute Gasteiger partial charge is 0.184 e. The van der Waals surface area contributed by atoms with Crippen molar-refractivity contribution in [2.75, 3.05) is 37.4 Å². The van der Waals surface area contributed by atoms with Gasteiger partial charge >= 0.3 is 0 Å². The molecule has 6 rings (SSSR count). The Labute approximate surface area is 227 Å². The SMILES string of the molecule is CN(C)[C@H]1CCN(c2ccc(-c3cc(Oc4ccc5nc(N[C@@H]6CCCC[C@H]6O)sc5c4)ccn3)cn2)C1. The fourth-order valence-corrected chi connectivity index (χ4v) is 6.29. The summed E-state index contributed by atoms with van der Waals surface area (Å²) in [6.45, 7) is 2.03. The van der Waals surface area contributed by atoms with Crippen LogP contribution in [0.15, 0.2) is 54.9 Å². The van der Waals surface area contributed by atoms with Gasteiger partial charge in [-0.2, -0.15) is 0 Å². The Hall–Kier alpha value is -3.27. The maximum atomic E-state index is 10.3. The number of aliphatic hydroxyl groups excluding tert-OH is 1. The first-order valence-corrected chi connectivity index (χ1v) is 14.2. The van der Waals surface area contributed by atoms with Gasteiger partial charge in [0.1, 0.15) is 17.3 Å². The van der Waals surface area contributed by atoms with E-state index >= 15 is 0 Å². The molecule has 0 radical (unpaired) electrons. The van der Waals surface area contributed by atoms with Crippen molar-refractivity contribution in [3.05, 3.63) is 54.9 Å². The lowest BCUT2D eigenvalue weighted by molar-refractivity contribution is 0.116. The van der Waals surface area contributed by atoms with Crippen molar-refractivity contribution in [1.29, 1.82) is 0 Å². The van der Waals surface area contributed by atoms with Gasteiger partial charge in [0.25, 0.3) is 0 Å². The van der Waals surface area contributed by atoms with E-state index in [-0.39, 0.29) is 12.1 Å². The lowest BCUT2D eigenvalue weighted by Gasteiger charge is -2.27. The number of hydrogen-bond acceptors (Lipinski definition) is 9. The third-order valence-corrected chi connectivity index (χ3v) is 8.58. The lowest BCUT2D eigenvalue weighted by Crippen LogP contribution is -2.36. The van der Waals surface area contributed by atoms with Crippen LogP contribution in [0.2, 0.25) is 0 Å². The van der Waals surface area contributed by atoms with Gasteiger partial charge in [0.15, 0.2) is 5.13 Å². The Morgan fingerprint density at radius 3 is 2.68 bits per heavy atom. The van der Waals surface area contributed by atoms with Crippen LogP contribution in [0.3, 0.4) is 0 Å². The van der Waals surface area contributed by atoms with E-state index < -0.39 is 0 Å². The number of nitrogens with zero attached hydrogens (tertiary/aromatic N) is 5. The highest BCUT2D eigenvalue weighted by atomic mass is 32.1. The Balaban J connectivity index is 1.14. The number of likely N-dealkylation sites (N-methyl/N-ethyl adjacent to an activating group) is 1. The highest BCUT2D eigenvalue weighted by molar-refractivity contribution is 7.22. The standard InChI is InChI=1S/C29H34N6O2S/c1-34(2)20-12-14-35(18-20)28-10-7-19(17-31-28)25-15-22(11-13-30-25)37-21-8-9-24-27(16-21)38-29(33-24)32-23-5-3-4-6-26(23)36/h7-11,13,15-17,20,23,26,36H,3-6,12,14,18H2,1-2H3,(H,32,33)/t20-,23+,26+/m0/s1. The molecule has 38 heavy (non-hydrogen) atoms. The molecule has 4 heterocycles. The van der Waals surface area contributed by atoms with Crippen molar-refractivity contribution in [2.24, 2.45) is 0 Å². The van der Waals surface area contributed by atoms with E-state index in [0.29, 0.717) is 6.04 Å². The van der Waals surface area contributed by atoms with Crippen molar-refractivity contribution < 1.29 is 9.84 Å². The number of aromatic nitrogens is 3. The van der Waals surface area contributed by atoms with Gasteiger partial charge in [-0.15, -0.1) is 0 Å². The fourth-order valence-electron chi connectivity index (χ4n) is 5.33. The van der Waals surface area contributed by atoms with E-state index in [9.17, 15) is 5.11 Å². The molecule has 2 aliphatic rings. The summed E-state index contributed by atoms with van der Waals surface area (Å²) in [5, 5.41) is 14.6. The molecule has 2 fully saturated rings. The second kappa shape index (κ2) is 10.8. The number of rotatable bonds is 7. The third-order valence-electron chi connectivity index (χ3n) is 7.63. The number of fused-ring (bicyclic) bond motifs is 1. The molecule has 4 aromatic rings. The predicted molar refractivity (Wildman–Crippen MR) is 153 cm³/mol. The van der Waals surface area contributed by atoms with Crippen molar-refractivity contribution in [3.63, 3.8) is 0 Å². The number of pyridine rings is 2. The summed E-state index contributed by atoms with van der Waals surface area (Å²) in [4.78, 5) is 18.6. The molecule has 3 aromatic heterocycles. The molecule has 0 spiro atoms. The average Bonchev–Trinajstić information content (AvgIpc) is 3.58. The van der Waals surface area contributed by atoms with Gasteiger partial charge < -0.3 is 25.0 Å². The molecule has 1 aliphatic carbocycles. The first-order valence-electron chi connectivity index (χ1n) is 13.4. The zero-order valence-corrected chi connectivity index (χ0v) is 22.7. The minimum absolute atomic E-state index is 0.0733. The molecular weight excluding hydrogens is 496 g/mol. The molecule has 198 valence electrons. The molecule has 1 saturated carbocycles. The Kier molecular flexibility index (Phi) is 7.14. The van der Waals surface area contributed by atoms with Crippen LogP contribution >= 0.6 is 11.3 Å². The molecule has 9 heteroatoms. The van der Waals surface area contributed by atoms with Gasteiger partial charge in [0, 0.05) is 49.2 Å². The maximum absolute atomic E-state index is 10.3. The first kappa shape index (κ1) is 25.0. The quantitative estimate of drug-likeness (QED) is 0.328. The number of nitrogens with one attached hydrogen (secondary N) is 1. The van der Waals surface area contributed by atoms with E-state index in [1.165, 1.54) is 0 Å². The molecule has 2 N–H and O–H groups in total. The average molecular weight is 531 g/mol. The number of anilines is 2. The van der Waals surface area contributed by atoms with E-state index in [0.717, 1.165) is 89.1 Å². The van der Waals surface area contributed by atoms with E-state index in [4.69, 9.17) is 14.7 Å². The van der Waals surface area contributed by atoms with Crippen molar-refractivity contribution in [3.8, 4) is 22.8 Å². The van der Waals surface area contributed by atoms with Crippen LogP contribution in [0.25, 0.3) is 21.5 Å². The summed E-state index contributed by atoms with van der Waals surface area (Å²) in [6, 6.07) is 14.6. The number of aliphatic hydroxyl groups is 1. The van der Waals surface area contributed by atoms with Gasteiger partial charge in [-0.25, -0.2) is 9.97 Å². The highest BCUT2D eigenvalue weighted by Crippen LogP contribution is 2.33. The largest absolute Gasteiger partial charge is 0.457 e. The molecule has 0 unspecified atom stereocenters. The van der Waals surface area contributed by atoms with Gasteiger partial charge in [-0.3, -0.25) is 4.98 Å². The number of hydrogen-bond donors (Lipinski definition) is 2. The molecule has 0 bridgehead atoms. The first-order chi connectivity index (χ1) is 18.5. The number of ether oxygens (including phenoxy) is 1. The molecule has 8 nitrogen and oxygen atoms in total. The molecule has 3 atom stereocenters. The van der Waals surface area contributed by atoms with Gasteiger partial charge in [-0.1, -0.05) is 24.2 Å². The van der Waals surface area contributed by atoms with Crippen LogP contribution in [0.5, 0.6) is 11.5 Å². The zero-order valence-electron chi connectivity index (χ0n) is 21.9. The Morgan fingerprint density at radius 1 is 1.03 bits per heavy atom. The summed E-state index contributed by atoms with van der Waals surface area (Å²) in [5.74, 6) is 2.48. The monoisotopic (exact) mass is 530 g/mol. The number of benzene rings is 1. The summed E-state index contributed by atoms with van der Waals surface area (Å²) in [7, 11) is 4.28. The Bertz CT molecular complexity index is 1390. The number of thiazole rings is 1. The molecule has 1 aromatic carbocycles. The summed E-state index contributed by atoms with van der Waals surface area (Å²) < 4.78 is 7.25. The fraction of sp³-hybridized carbons (Fsp3) is 0.414. The second-order valence-corrected chi connectivity index (χ2v) is 11.5. The lowest BCUT2D eigenvalue weighted by atomic mass is 9.93. The van der Waals surface area contributed by atoms with Crippen LogP contribution in [-0.4, -0.2) is 70.3 Å². The minimum atomic E-state index is -0.308. The van der Waals surface area contributed by atoms with Crippen LogP contribution in [0.1, 0.15) is 32.1 Å². The van der Waals surface area contributed by atoms with E-state index in [1.54, 1.807) is 17.5 Å². The normalized spacial score (nSPS) is 21.8. The van der Waals surface area contributed by atoms with Gasteiger partial charge in [0.05, 0.1) is 28.1 Å². The summed E-state index contributed by atoms with van der Waals surface area (Å²) in [6.07, 6.45) is 8.57. The summed E-state index contributed by atoms with van der Waals surface area (Å²) in [5.41, 5.74) is 2.71. The zero-order chi connectivity index (χ0) is 26.1. The van der Waals surface area contributed by atoms with Crippen molar-refractivity contribution >= 4 is 32.5 Å². The van der Waals surface area contributed by atoms with Gasteiger partial charge in [-0.05, 0) is 63.7 Å². The van der Waals surface area contributed by atoms with Crippen LogP contribution in [0, 0.1) is 0 Å². The minimum Gasteiger partial charge on any atom is -0.457 e. The predicted octanol–water partition coefficient (Wildman–Crippen LogP) is 5.40. The van der Waals surface area contributed by atoms with Crippen LogP contribution in [0.4, 0.5) is 10.9 Å². The summed E-state index contributed by atoms with van der Waals surface area (Å²) >= 11 is 1.59. The van der Waals surface area contributed by atoms with Crippen LogP contribution < -0.4 is 15.0 Å². The molecular formula is C29H34N6O2S. The third kappa shape index (κ3) is 5.45. The van der Waals surface area contributed by atoms with Crippen molar-refractivity contribution in [1.82, 2.24) is 19.9 Å². The van der Waals surface area contributed by atoms with E-state index in [1.807, 2.05) is 36.5 Å². The second-order valence-electron chi connectivity index (χ2n) is 10.5.